The zero-order chi connectivity index (χ0) is 32.2. The topological polar surface area (TPSA) is 212 Å². The number of rotatable bonds is 17. The van der Waals surface area contributed by atoms with Gasteiger partial charge in [0.15, 0.2) is 0 Å². The highest BCUT2D eigenvalue weighted by molar-refractivity contribution is 5.87. The van der Waals surface area contributed by atoms with Crippen molar-refractivity contribution >= 4 is 35.6 Å². The van der Waals surface area contributed by atoms with Gasteiger partial charge in [-0.3, -0.25) is 48.4 Å². The largest absolute Gasteiger partial charge is 0.480 e. The van der Waals surface area contributed by atoms with Gasteiger partial charge < -0.3 is 31.3 Å². The average molecular weight is 616 g/mol. The third kappa shape index (κ3) is 18.0. The second kappa shape index (κ2) is 21.4. The number of nitrogens with zero attached hydrogens (tertiary/aromatic N) is 4. The van der Waals surface area contributed by atoms with Crippen LogP contribution in [-0.4, -0.2) is 168 Å². The molecule has 6 N–H and O–H groups in total. The molecule has 0 bridgehead atoms. The quantitative estimate of drug-likeness (QED) is 0.0959. The minimum Gasteiger partial charge on any atom is -0.480 e. The summed E-state index contributed by atoms with van der Waals surface area (Å²) in [5.41, 5.74) is 0. The lowest BCUT2D eigenvalue weighted by atomic mass is 10.1. The van der Waals surface area contributed by atoms with Gasteiger partial charge in [0.2, 0.25) is 17.7 Å². The molecule has 1 heterocycles. The van der Waals surface area contributed by atoms with E-state index in [1.165, 1.54) is 0 Å². The first-order chi connectivity index (χ1) is 20.4. The van der Waals surface area contributed by atoms with E-state index >= 15 is 0 Å². The molecule has 0 unspecified atom stereocenters. The Labute approximate surface area is 252 Å². The maximum Gasteiger partial charge on any atom is 0.317 e. The Morgan fingerprint density at radius 3 is 1.40 bits per heavy atom. The van der Waals surface area contributed by atoms with Crippen molar-refractivity contribution < 1.29 is 44.1 Å². The van der Waals surface area contributed by atoms with E-state index in [1.807, 2.05) is 4.90 Å². The first-order valence-electron chi connectivity index (χ1n) is 14.8. The van der Waals surface area contributed by atoms with Gasteiger partial charge in [-0.1, -0.05) is 6.92 Å². The van der Waals surface area contributed by atoms with E-state index < -0.39 is 23.9 Å². The smallest absolute Gasteiger partial charge is 0.317 e. The summed E-state index contributed by atoms with van der Waals surface area (Å²) in [6.07, 6.45) is 1.90. The molecule has 0 spiro atoms. The zero-order valence-corrected chi connectivity index (χ0v) is 25.4. The summed E-state index contributed by atoms with van der Waals surface area (Å²) in [6, 6.07) is -0.635. The van der Waals surface area contributed by atoms with Gasteiger partial charge in [0.1, 0.15) is 6.04 Å². The summed E-state index contributed by atoms with van der Waals surface area (Å²) in [5, 5.41) is 36.3. The molecule has 16 nitrogen and oxygen atoms in total. The minimum atomic E-state index is -1.02. The second-order valence-corrected chi connectivity index (χ2v) is 10.5. The van der Waals surface area contributed by atoms with Crippen LogP contribution in [0.25, 0.3) is 0 Å². The Morgan fingerprint density at radius 2 is 1.02 bits per heavy atom. The molecule has 0 aromatic heterocycles. The van der Waals surface area contributed by atoms with Crippen LogP contribution in [0.4, 0.5) is 0 Å². The van der Waals surface area contributed by atoms with E-state index in [0.29, 0.717) is 84.7 Å². The first kappa shape index (κ1) is 37.7. The Bertz CT molecular complexity index is 889. The maximum atomic E-state index is 12.8. The van der Waals surface area contributed by atoms with E-state index in [1.54, 1.807) is 28.5 Å². The van der Waals surface area contributed by atoms with Crippen LogP contribution >= 0.6 is 0 Å². The van der Waals surface area contributed by atoms with Gasteiger partial charge in [0.25, 0.3) is 0 Å². The molecular weight excluding hydrogens is 566 g/mol. The lowest BCUT2D eigenvalue weighted by molar-refractivity contribution is -0.140. The van der Waals surface area contributed by atoms with E-state index in [0.717, 1.165) is 0 Å². The van der Waals surface area contributed by atoms with Gasteiger partial charge >= 0.3 is 17.9 Å². The number of hydrogen-bond donors (Lipinski definition) is 6. The minimum absolute atomic E-state index is 0.0288. The molecule has 16 heteroatoms. The molecule has 1 fully saturated rings. The molecule has 0 saturated carbocycles. The van der Waals surface area contributed by atoms with Crippen molar-refractivity contribution in [3.63, 3.8) is 0 Å². The van der Waals surface area contributed by atoms with Crippen LogP contribution in [-0.2, 0) is 28.8 Å². The highest BCUT2D eigenvalue weighted by Crippen LogP contribution is 2.04. The molecule has 3 amide bonds. The molecule has 1 atom stereocenters. The fraction of sp³-hybridized carbons (Fsp3) is 0.778. The van der Waals surface area contributed by atoms with Gasteiger partial charge in [-0.05, 0) is 26.2 Å². The van der Waals surface area contributed by atoms with Crippen LogP contribution in [0.1, 0.15) is 39.5 Å². The highest BCUT2D eigenvalue weighted by Gasteiger charge is 2.22. The Balaban J connectivity index is 2.75. The lowest BCUT2D eigenvalue weighted by Crippen LogP contribution is -2.49. The van der Waals surface area contributed by atoms with Gasteiger partial charge in [0.05, 0.1) is 26.2 Å². The number of likely N-dealkylation sites (N-methyl/N-ethyl adjacent to an activating group) is 1. The molecule has 1 saturated heterocycles. The molecule has 1 aliphatic rings. The Morgan fingerprint density at radius 1 is 0.605 bits per heavy atom. The third-order valence-corrected chi connectivity index (χ3v) is 6.94. The number of carbonyl (C=O) groups is 6. The monoisotopic (exact) mass is 615 g/mol. The second-order valence-electron chi connectivity index (χ2n) is 10.5. The summed E-state index contributed by atoms with van der Waals surface area (Å²) in [7, 11) is 0. The molecule has 0 aliphatic carbocycles. The SMILES string of the molecule is CCNC(=O)[C@H](CCCCNC(=O)CN1CCN(CC(=O)O)CCN(CC(=O)O)CCN(CC(=O)O)CC1)NC(=O)CC. The fourth-order valence-corrected chi connectivity index (χ4v) is 4.61. The summed E-state index contributed by atoms with van der Waals surface area (Å²) in [4.78, 5) is 77.9. The summed E-state index contributed by atoms with van der Waals surface area (Å²) >= 11 is 0. The van der Waals surface area contributed by atoms with E-state index in [4.69, 9.17) is 0 Å². The normalized spacial score (nSPS) is 17.2. The average Bonchev–Trinajstić information content (AvgIpc) is 2.92. The number of carboxylic acids is 3. The van der Waals surface area contributed by atoms with Crippen molar-refractivity contribution in [2.75, 3.05) is 91.6 Å². The van der Waals surface area contributed by atoms with Crippen LogP contribution in [0.5, 0.6) is 0 Å². The van der Waals surface area contributed by atoms with Gasteiger partial charge in [-0.15, -0.1) is 0 Å². The molecule has 0 aromatic carbocycles. The van der Waals surface area contributed by atoms with Crippen LogP contribution in [0.2, 0.25) is 0 Å². The van der Waals surface area contributed by atoms with E-state index in [2.05, 4.69) is 16.0 Å². The number of unbranched alkanes of at least 4 members (excludes halogenated alkanes) is 1. The van der Waals surface area contributed by atoms with Crippen molar-refractivity contribution in [2.45, 2.75) is 45.6 Å². The molecule has 1 rings (SSSR count). The predicted octanol–water partition coefficient (Wildman–Crippen LogP) is -2.22. The number of hydrogen-bond acceptors (Lipinski definition) is 10. The van der Waals surface area contributed by atoms with Crippen LogP contribution < -0.4 is 16.0 Å². The van der Waals surface area contributed by atoms with Crippen molar-refractivity contribution in [3.8, 4) is 0 Å². The lowest BCUT2D eigenvalue weighted by Gasteiger charge is -2.32. The third-order valence-electron chi connectivity index (χ3n) is 6.94. The molecular formula is C27H49N7O9. The molecule has 246 valence electrons. The van der Waals surface area contributed by atoms with Crippen LogP contribution in [0.3, 0.4) is 0 Å². The Kier molecular flexibility index (Phi) is 18.7. The van der Waals surface area contributed by atoms with E-state index in [-0.39, 0.29) is 50.3 Å². The predicted molar refractivity (Wildman–Crippen MR) is 156 cm³/mol. The number of amides is 3. The maximum absolute atomic E-state index is 12.8. The molecule has 1 aliphatic heterocycles. The number of nitrogens with one attached hydrogen (secondary N) is 3. The number of aliphatic carboxylic acids is 3. The number of carbonyl (C=O) groups excluding carboxylic acids is 3. The molecule has 0 radical (unpaired) electrons. The van der Waals surface area contributed by atoms with Crippen molar-refractivity contribution in [2.24, 2.45) is 0 Å². The zero-order valence-electron chi connectivity index (χ0n) is 25.4. The van der Waals surface area contributed by atoms with Crippen molar-refractivity contribution in [1.29, 1.82) is 0 Å². The van der Waals surface area contributed by atoms with E-state index in [9.17, 15) is 44.1 Å². The van der Waals surface area contributed by atoms with Gasteiger partial charge in [-0.25, -0.2) is 0 Å². The molecule has 43 heavy (non-hydrogen) atoms. The fourth-order valence-electron chi connectivity index (χ4n) is 4.61. The summed E-state index contributed by atoms with van der Waals surface area (Å²) in [5.74, 6) is -3.75. The highest BCUT2D eigenvalue weighted by atomic mass is 16.4. The van der Waals surface area contributed by atoms with Crippen LogP contribution in [0, 0.1) is 0 Å². The summed E-state index contributed by atoms with van der Waals surface area (Å²) in [6.45, 7) is 6.19. The standard InChI is InChI=1S/C27H49N7O9/c1-3-22(35)30-21(27(43)28-4-2)7-5-6-8-29-23(36)17-31-9-11-32(18-24(37)38)13-15-34(20-26(41)42)16-14-33(12-10-31)19-25(39)40/h21H,3-20H2,1-2H3,(H,28,43)(H,29,36)(H,30,35)(H,37,38)(H,39,40)(H,41,42)/t21-/m0/s1. The Hall–Kier alpha value is -3.34. The van der Waals surface area contributed by atoms with Crippen molar-refractivity contribution in [3.05, 3.63) is 0 Å². The van der Waals surface area contributed by atoms with Gasteiger partial charge in [-0.2, -0.15) is 0 Å². The van der Waals surface area contributed by atoms with Gasteiger partial charge in [0, 0.05) is 71.9 Å². The van der Waals surface area contributed by atoms with Crippen molar-refractivity contribution in [1.82, 2.24) is 35.6 Å². The van der Waals surface area contributed by atoms with Crippen LogP contribution in [0.15, 0.2) is 0 Å². The number of carboxylic acid groups (broad SMARTS) is 3. The molecule has 0 aromatic rings. The summed E-state index contributed by atoms with van der Waals surface area (Å²) < 4.78 is 0. The first-order valence-corrected chi connectivity index (χ1v) is 14.8.